The number of rotatable bonds is 4. The molecule has 8 heteroatoms. The minimum absolute atomic E-state index is 0.122. The third kappa shape index (κ3) is 3.06. The van der Waals surface area contributed by atoms with E-state index in [-0.39, 0.29) is 17.5 Å². The molecular weight excluding hydrogens is 358 g/mol. The van der Waals surface area contributed by atoms with Crippen LogP contribution >= 0.6 is 0 Å². The summed E-state index contributed by atoms with van der Waals surface area (Å²) in [5.41, 5.74) is 2.60. The van der Waals surface area contributed by atoms with Crippen molar-refractivity contribution in [3.05, 3.63) is 48.3 Å². The number of piperazine rings is 1. The van der Waals surface area contributed by atoms with E-state index in [0.29, 0.717) is 25.2 Å². The highest BCUT2D eigenvalue weighted by Crippen LogP contribution is 2.23. The third-order valence-electron chi connectivity index (χ3n) is 4.94. The van der Waals surface area contributed by atoms with Gasteiger partial charge in [-0.05, 0) is 36.8 Å². The molecule has 3 aromatic rings. The minimum Gasteiger partial charge on any atom is -0.497 e. The van der Waals surface area contributed by atoms with Gasteiger partial charge in [0.15, 0.2) is 11.3 Å². The molecule has 2 aromatic heterocycles. The van der Waals surface area contributed by atoms with E-state index < -0.39 is 6.04 Å². The Morgan fingerprint density at radius 3 is 2.79 bits per heavy atom. The summed E-state index contributed by atoms with van der Waals surface area (Å²) in [6.07, 6.45) is 2.24. The normalized spacial score (nSPS) is 16.9. The molecule has 0 saturated carbocycles. The zero-order valence-electron chi connectivity index (χ0n) is 15.8. The summed E-state index contributed by atoms with van der Waals surface area (Å²) in [5, 5.41) is 7.31. The van der Waals surface area contributed by atoms with Crippen LogP contribution in [0.4, 0.5) is 0 Å². The average Bonchev–Trinajstić information content (AvgIpc) is 3.17. The maximum absolute atomic E-state index is 13.0. The van der Waals surface area contributed by atoms with Crippen LogP contribution < -0.4 is 10.1 Å². The van der Waals surface area contributed by atoms with E-state index in [2.05, 4.69) is 15.4 Å². The standard InChI is InChI=1S/C20H21N5O3/c1-3-16-19(26)22-10-11-24(16)20(27)15-12-18-21-9-8-17(25(18)23-15)13-4-6-14(28-2)7-5-13/h4-9,12,16H,3,10-11H2,1-2H3,(H,22,26). The molecule has 1 aliphatic heterocycles. The topological polar surface area (TPSA) is 88.8 Å². The molecule has 1 N–H and O–H groups in total. The third-order valence-corrected chi connectivity index (χ3v) is 4.94. The fourth-order valence-corrected chi connectivity index (χ4v) is 3.49. The predicted octanol–water partition coefficient (Wildman–Crippen LogP) is 1.76. The number of hydrogen-bond acceptors (Lipinski definition) is 5. The second-order valence-corrected chi connectivity index (χ2v) is 6.57. The van der Waals surface area contributed by atoms with Gasteiger partial charge in [0, 0.05) is 30.9 Å². The lowest BCUT2D eigenvalue weighted by atomic mass is 10.1. The van der Waals surface area contributed by atoms with Crippen molar-refractivity contribution in [2.24, 2.45) is 0 Å². The number of methoxy groups -OCH3 is 1. The molecule has 4 rings (SSSR count). The van der Waals surface area contributed by atoms with Crippen molar-refractivity contribution in [3.63, 3.8) is 0 Å². The van der Waals surface area contributed by atoms with E-state index in [1.807, 2.05) is 37.3 Å². The number of ether oxygens (including phenoxy) is 1. The van der Waals surface area contributed by atoms with Crippen LogP contribution in [0.1, 0.15) is 23.8 Å². The highest BCUT2D eigenvalue weighted by Gasteiger charge is 2.33. The lowest BCUT2D eigenvalue weighted by Crippen LogP contribution is -2.57. The number of nitrogens with zero attached hydrogens (tertiary/aromatic N) is 4. The highest BCUT2D eigenvalue weighted by atomic mass is 16.5. The van der Waals surface area contributed by atoms with Crippen molar-refractivity contribution in [3.8, 4) is 17.0 Å². The fraction of sp³-hybridized carbons (Fsp3) is 0.300. The molecule has 144 valence electrons. The van der Waals surface area contributed by atoms with Crippen LogP contribution in [0.25, 0.3) is 16.9 Å². The van der Waals surface area contributed by atoms with Gasteiger partial charge in [-0.2, -0.15) is 5.10 Å². The van der Waals surface area contributed by atoms with Gasteiger partial charge in [0.1, 0.15) is 11.8 Å². The molecule has 2 amide bonds. The first-order valence-electron chi connectivity index (χ1n) is 9.20. The Kier molecular flexibility index (Phi) is 4.68. The van der Waals surface area contributed by atoms with Crippen LogP contribution in [-0.2, 0) is 4.79 Å². The molecule has 0 radical (unpaired) electrons. The van der Waals surface area contributed by atoms with E-state index in [1.165, 1.54) is 0 Å². The van der Waals surface area contributed by atoms with Crippen molar-refractivity contribution in [2.45, 2.75) is 19.4 Å². The highest BCUT2D eigenvalue weighted by molar-refractivity contribution is 5.97. The van der Waals surface area contributed by atoms with Crippen LogP contribution in [-0.4, -0.2) is 57.6 Å². The fourth-order valence-electron chi connectivity index (χ4n) is 3.49. The van der Waals surface area contributed by atoms with Gasteiger partial charge in [-0.1, -0.05) is 6.92 Å². The lowest BCUT2D eigenvalue weighted by molar-refractivity contribution is -0.127. The Balaban J connectivity index is 1.71. The first-order chi connectivity index (χ1) is 13.6. The van der Waals surface area contributed by atoms with Crippen molar-refractivity contribution in [2.75, 3.05) is 20.2 Å². The van der Waals surface area contributed by atoms with Gasteiger partial charge in [-0.3, -0.25) is 9.59 Å². The van der Waals surface area contributed by atoms with E-state index in [9.17, 15) is 9.59 Å². The van der Waals surface area contributed by atoms with E-state index in [4.69, 9.17) is 4.74 Å². The number of benzene rings is 1. The molecule has 8 nitrogen and oxygen atoms in total. The van der Waals surface area contributed by atoms with E-state index in [0.717, 1.165) is 17.0 Å². The van der Waals surface area contributed by atoms with Gasteiger partial charge < -0.3 is 15.0 Å². The smallest absolute Gasteiger partial charge is 0.275 e. The molecule has 3 heterocycles. The molecule has 0 bridgehead atoms. The summed E-state index contributed by atoms with van der Waals surface area (Å²) in [6.45, 7) is 2.81. The van der Waals surface area contributed by atoms with Crippen LogP contribution in [0.15, 0.2) is 42.6 Å². The second kappa shape index (κ2) is 7.30. The second-order valence-electron chi connectivity index (χ2n) is 6.57. The zero-order valence-corrected chi connectivity index (χ0v) is 15.8. The molecule has 0 aliphatic carbocycles. The number of carbonyl (C=O) groups is 2. The number of aromatic nitrogens is 3. The summed E-state index contributed by atoms with van der Waals surface area (Å²) in [6, 6.07) is 10.6. The molecule has 1 aliphatic rings. The van der Waals surface area contributed by atoms with Crippen LogP contribution in [0.3, 0.4) is 0 Å². The van der Waals surface area contributed by atoms with Crippen LogP contribution in [0.5, 0.6) is 5.75 Å². The first-order valence-corrected chi connectivity index (χ1v) is 9.20. The molecule has 1 saturated heterocycles. The number of hydrogen-bond donors (Lipinski definition) is 1. The maximum atomic E-state index is 13.0. The van der Waals surface area contributed by atoms with Crippen molar-refractivity contribution >= 4 is 17.5 Å². The number of nitrogens with one attached hydrogen (secondary N) is 1. The Morgan fingerprint density at radius 2 is 2.07 bits per heavy atom. The van der Waals surface area contributed by atoms with Gasteiger partial charge >= 0.3 is 0 Å². The number of carbonyl (C=O) groups excluding carboxylic acids is 2. The Bertz CT molecular complexity index is 1030. The van der Waals surface area contributed by atoms with Crippen molar-refractivity contribution < 1.29 is 14.3 Å². The Labute approximate surface area is 162 Å². The van der Waals surface area contributed by atoms with Gasteiger partial charge in [0.25, 0.3) is 5.91 Å². The molecule has 28 heavy (non-hydrogen) atoms. The van der Waals surface area contributed by atoms with Crippen molar-refractivity contribution in [1.82, 2.24) is 24.8 Å². The van der Waals surface area contributed by atoms with Gasteiger partial charge in [0.05, 0.1) is 12.8 Å². The monoisotopic (exact) mass is 379 g/mol. The first kappa shape index (κ1) is 18.0. The minimum atomic E-state index is -0.472. The summed E-state index contributed by atoms with van der Waals surface area (Å²) in [5.74, 6) is 0.384. The molecule has 1 aromatic carbocycles. The molecule has 1 unspecified atom stereocenters. The lowest BCUT2D eigenvalue weighted by Gasteiger charge is -2.33. The van der Waals surface area contributed by atoms with Gasteiger partial charge in [-0.25, -0.2) is 9.50 Å². The Morgan fingerprint density at radius 1 is 1.29 bits per heavy atom. The molecule has 0 spiro atoms. The SMILES string of the molecule is CCC1C(=O)NCCN1C(=O)c1cc2nccc(-c3ccc(OC)cc3)n2n1. The maximum Gasteiger partial charge on any atom is 0.275 e. The zero-order chi connectivity index (χ0) is 19.7. The Hall–Kier alpha value is -3.42. The summed E-state index contributed by atoms with van der Waals surface area (Å²) in [7, 11) is 1.62. The summed E-state index contributed by atoms with van der Waals surface area (Å²) in [4.78, 5) is 31.0. The summed E-state index contributed by atoms with van der Waals surface area (Å²) < 4.78 is 6.86. The van der Waals surface area contributed by atoms with Gasteiger partial charge in [-0.15, -0.1) is 0 Å². The van der Waals surface area contributed by atoms with Crippen molar-refractivity contribution in [1.29, 1.82) is 0 Å². The van der Waals surface area contributed by atoms with Crippen LogP contribution in [0.2, 0.25) is 0 Å². The predicted molar refractivity (Wildman–Crippen MR) is 103 cm³/mol. The largest absolute Gasteiger partial charge is 0.497 e. The molecular formula is C20H21N5O3. The van der Waals surface area contributed by atoms with Gasteiger partial charge in [0.2, 0.25) is 5.91 Å². The number of amides is 2. The van der Waals surface area contributed by atoms with Crippen LogP contribution in [0, 0.1) is 0 Å². The molecule has 1 fully saturated rings. The summed E-state index contributed by atoms with van der Waals surface area (Å²) >= 11 is 0. The average molecular weight is 379 g/mol. The van der Waals surface area contributed by atoms with E-state index >= 15 is 0 Å². The molecule has 1 atom stereocenters. The quantitative estimate of drug-likeness (QED) is 0.746. The number of fused-ring (bicyclic) bond motifs is 1. The van der Waals surface area contributed by atoms with E-state index in [1.54, 1.807) is 28.8 Å².